The van der Waals surface area contributed by atoms with Gasteiger partial charge in [-0.3, -0.25) is 9.78 Å². The molecule has 0 spiro atoms. The van der Waals surface area contributed by atoms with E-state index >= 15 is 0 Å². The van der Waals surface area contributed by atoms with Gasteiger partial charge in [-0.1, -0.05) is 19.1 Å². The van der Waals surface area contributed by atoms with Crippen LogP contribution in [0.25, 0.3) is 0 Å². The van der Waals surface area contributed by atoms with Gasteiger partial charge in [-0.25, -0.2) is 4.98 Å². The molecule has 2 heterocycles. The van der Waals surface area contributed by atoms with Crippen molar-refractivity contribution in [1.29, 1.82) is 0 Å². The number of likely N-dealkylation sites (tertiary alicyclic amines) is 1. The van der Waals surface area contributed by atoms with Crippen LogP contribution in [-0.4, -0.2) is 41.0 Å². The van der Waals surface area contributed by atoms with Gasteiger partial charge in [0.25, 0.3) is 5.91 Å². The molecule has 0 aliphatic carbocycles. The maximum Gasteiger partial charge on any atom is 0.274 e. The zero-order valence-corrected chi connectivity index (χ0v) is 14.7. The number of aromatic nitrogens is 2. The van der Waals surface area contributed by atoms with Gasteiger partial charge in [0.1, 0.15) is 17.3 Å². The lowest BCUT2D eigenvalue weighted by atomic mass is 10.0. The topological polar surface area (TPSA) is 67.4 Å². The zero-order chi connectivity index (χ0) is 17.6. The molecule has 0 bridgehead atoms. The Kier molecular flexibility index (Phi) is 5.48. The van der Waals surface area contributed by atoms with Crippen LogP contribution in [0.4, 0.5) is 5.82 Å². The second-order valence-electron chi connectivity index (χ2n) is 6.17. The molecule has 132 valence electrons. The first-order chi connectivity index (χ1) is 12.2. The zero-order valence-electron chi connectivity index (χ0n) is 14.7. The van der Waals surface area contributed by atoms with Crippen LogP contribution in [0.5, 0.6) is 5.75 Å². The number of carbonyl (C=O) groups excluding carboxylic acids is 1. The molecule has 1 aliphatic heterocycles. The van der Waals surface area contributed by atoms with E-state index in [0.29, 0.717) is 11.5 Å². The highest BCUT2D eigenvalue weighted by atomic mass is 16.5. The summed E-state index contributed by atoms with van der Waals surface area (Å²) in [6.07, 6.45) is 6.21. The fourth-order valence-corrected chi connectivity index (χ4v) is 3.06. The summed E-state index contributed by atoms with van der Waals surface area (Å²) in [6, 6.07) is 8.05. The van der Waals surface area contributed by atoms with E-state index in [1.54, 1.807) is 19.5 Å². The van der Waals surface area contributed by atoms with Crippen molar-refractivity contribution in [3.63, 3.8) is 0 Å². The molecule has 1 N–H and O–H groups in total. The highest BCUT2D eigenvalue weighted by molar-refractivity contribution is 5.92. The lowest BCUT2D eigenvalue weighted by Gasteiger charge is -2.19. The minimum Gasteiger partial charge on any atom is -0.497 e. The molecule has 0 saturated carbocycles. The summed E-state index contributed by atoms with van der Waals surface area (Å²) in [7, 11) is 1.66. The van der Waals surface area contributed by atoms with Gasteiger partial charge in [0.15, 0.2) is 0 Å². The molecule has 2 aromatic rings. The molecule has 1 unspecified atom stereocenters. The maximum absolute atomic E-state index is 12.5. The summed E-state index contributed by atoms with van der Waals surface area (Å²) in [5, 5.41) is 3.38. The third kappa shape index (κ3) is 4.07. The van der Waals surface area contributed by atoms with E-state index < -0.39 is 0 Å². The normalized spacial score (nSPS) is 15.0. The Balaban J connectivity index is 1.74. The molecule has 1 fully saturated rings. The molecule has 1 saturated heterocycles. The van der Waals surface area contributed by atoms with Gasteiger partial charge in [-0.2, -0.15) is 0 Å². The highest BCUT2D eigenvalue weighted by Crippen LogP contribution is 2.23. The van der Waals surface area contributed by atoms with Gasteiger partial charge < -0.3 is 15.0 Å². The number of ether oxygens (including phenoxy) is 1. The van der Waals surface area contributed by atoms with Crippen LogP contribution in [0, 0.1) is 0 Å². The Morgan fingerprint density at radius 3 is 2.60 bits per heavy atom. The quantitative estimate of drug-likeness (QED) is 0.874. The van der Waals surface area contributed by atoms with E-state index in [1.807, 2.05) is 29.2 Å². The number of nitrogens with one attached hydrogen (secondary N) is 1. The van der Waals surface area contributed by atoms with E-state index in [2.05, 4.69) is 22.2 Å². The average Bonchev–Trinajstić information content (AvgIpc) is 3.20. The molecule has 1 atom stereocenters. The van der Waals surface area contributed by atoms with Crippen LogP contribution in [0.15, 0.2) is 36.7 Å². The number of nitrogens with zero attached hydrogens (tertiary/aromatic N) is 3. The summed E-state index contributed by atoms with van der Waals surface area (Å²) in [6.45, 7) is 3.72. The van der Waals surface area contributed by atoms with E-state index in [1.165, 1.54) is 0 Å². The van der Waals surface area contributed by atoms with Gasteiger partial charge in [-0.15, -0.1) is 0 Å². The molecule has 1 amide bonds. The third-order valence-corrected chi connectivity index (χ3v) is 4.50. The van der Waals surface area contributed by atoms with Crippen molar-refractivity contribution in [2.75, 3.05) is 25.5 Å². The minimum absolute atomic E-state index is 0.0360. The summed E-state index contributed by atoms with van der Waals surface area (Å²) in [5.74, 6) is 1.41. The number of anilines is 1. The van der Waals surface area contributed by atoms with Gasteiger partial charge in [0, 0.05) is 13.1 Å². The Morgan fingerprint density at radius 1 is 1.24 bits per heavy atom. The smallest absolute Gasteiger partial charge is 0.274 e. The average molecular weight is 340 g/mol. The number of rotatable bonds is 6. The predicted octanol–water partition coefficient (Wildman–Crippen LogP) is 3.28. The maximum atomic E-state index is 12.5. The Bertz CT molecular complexity index is 712. The SMILES string of the molecule is CCC(Nc1cncc(C(=O)N2CCCC2)n1)c1ccc(OC)cc1. The Labute approximate surface area is 148 Å². The molecule has 1 aliphatic rings. The first kappa shape index (κ1) is 17.2. The third-order valence-electron chi connectivity index (χ3n) is 4.50. The van der Waals surface area contributed by atoms with Gasteiger partial charge >= 0.3 is 0 Å². The summed E-state index contributed by atoms with van der Waals surface area (Å²) in [5.41, 5.74) is 1.54. The van der Waals surface area contributed by atoms with Crippen molar-refractivity contribution in [1.82, 2.24) is 14.9 Å². The van der Waals surface area contributed by atoms with E-state index in [4.69, 9.17) is 4.74 Å². The molecule has 3 rings (SSSR count). The number of methoxy groups -OCH3 is 1. The second kappa shape index (κ2) is 7.96. The van der Waals surface area contributed by atoms with E-state index in [9.17, 15) is 4.79 Å². The second-order valence-corrected chi connectivity index (χ2v) is 6.17. The largest absolute Gasteiger partial charge is 0.497 e. The number of hydrogen-bond acceptors (Lipinski definition) is 5. The van der Waals surface area contributed by atoms with E-state index in [-0.39, 0.29) is 11.9 Å². The van der Waals surface area contributed by atoms with Gasteiger partial charge in [0.2, 0.25) is 0 Å². The lowest BCUT2D eigenvalue weighted by Crippen LogP contribution is -2.28. The van der Waals surface area contributed by atoms with Crippen molar-refractivity contribution < 1.29 is 9.53 Å². The monoisotopic (exact) mass is 340 g/mol. The molecule has 6 heteroatoms. The first-order valence-electron chi connectivity index (χ1n) is 8.73. The summed E-state index contributed by atoms with van der Waals surface area (Å²) >= 11 is 0. The fraction of sp³-hybridized carbons (Fsp3) is 0.421. The minimum atomic E-state index is -0.0360. The Hall–Kier alpha value is -2.63. The molecular weight excluding hydrogens is 316 g/mol. The number of benzene rings is 1. The highest BCUT2D eigenvalue weighted by Gasteiger charge is 2.21. The Morgan fingerprint density at radius 2 is 1.96 bits per heavy atom. The van der Waals surface area contributed by atoms with Gasteiger partial charge in [0.05, 0.1) is 25.5 Å². The van der Waals surface area contributed by atoms with Crippen molar-refractivity contribution in [2.45, 2.75) is 32.2 Å². The molecule has 25 heavy (non-hydrogen) atoms. The van der Waals surface area contributed by atoms with Crippen molar-refractivity contribution in [3.05, 3.63) is 47.9 Å². The summed E-state index contributed by atoms with van der Waals surface area (Å²) < 4.78 is 5.21. The summed E-state index contributed by atoms with van der Waals surface area (Å²) in [4.78, 5) is 23.0. The van der Waals surface area contributed by atoms with Crippen LogP contribution >= 0.6 is 0 Å². The molecule has 1 aromatic carbocycles. The van der Waals surface area contributed by atoms with Crippen molar-refractivity contribution in [2.24, 2.45) is 0 Å². The lowest BCUT2D eigenvalue weighted by molar-refractivity contribution is 0.0786. The van der Waals surface area contributed by atoms with Crippen LogP contribution < -0.4 is 10.1 Å². The standard InChI is InChI=1S/C19H24N4O2/c1-3-16(14-6-8-15(25-2)9-7-14)21-18-13-20-12-17(22-18)19(24)23-10-4-5-11-23/h6-9,12-13,16H,3-5,10-11H2,1-2H3,(H,21,22). The fourth-order valence-electron chi connectivity index (χ4n) is 3.06. The molecule has 0 radical (unpaired) electrons. The van der Waals surface area contributed by atoms with Crippen LogP contribution in [0.1, 0.15) is 48.3 Å². The van der Waals surface area contributed by atoms with E-state index in [0.717, 1.165) is 43.7 Å². The van der Waals surface area contributed by atoms with Crippen molar-refractivity contribution >= 4 is 11.7 Å². The van der Waals surface area contributed by atoms with Gasteiger partial charge in [-0.05, 0) is 37.0 Å². The van der Waals surface area contributed by atoms with Crippen LogP contribution in [-0.2, 0) is 0 Å². The number of amides is 1. The molecular formula is C19H24N4O2. The molecule has 6 nitrogen and oxygen atoms in total. The molecule has 1 aromatic heterocycles. The predicted molar refractivity (Wildman–Crippen MR) is 96.8 cm³/mol. The van der Waals surface area contributed by atoms with Crippen molar-refractivity contribution in [3.8, 4) is 5.75 Å². The van der Waals surface area contributed by atoms with Crippen LogP contribution in [0.2, 0.25) is 0 Å². The number of carbonyl (C=O) groups is 1. The first-order valence-corrected chi connectivity index (χ1v) is 8.73. The number of hydrogen-bond donors (Lipinski definition) is 1. The van der Waals surface area contributed by atoms with Crippen LogP contribution in [0.3, 0.4) is 0 Å².